The van der Waals surface area contributed by atoms with Gasteiger partial charge in [0, 0.05) is 0 Å². The smallest absolute Gasteiger partial charge is 1.00 e. The van der Waals surface area contributed by atoms with E-state index in [0.717, 1.165) is 18.8 Å². The number of hydrogen-bond donors (Lipinski definition) is 1. The molecule has 0 aliphatic heterocycles. The molecule has 0 saturated carbocycles. The molecule has 0 aliphatic rings. The summed E-state index contributed by atoms with van der Waals surface area (Å²) < 4.78 is 4.93. The minimum absolute atomic E-state index is 0. The Balaban J connectivity index is -0.00000264. The Morgan fingerprint density at radius 1 is 0.760 bits per heavy atom. The van der Waals surface area contributed by atoms with E-state index in [2.05, 4.69) is 13.8 Å². The number of aliphatic hydroxyl groups excluding tert-OH is 1. The Morgan fingerprint density at radius 3 is 1.48 bits per heavy atom. The molecule has 0 aliphatic carbocycles. The first-order chi connectivity index (χ1) is 11.5. The van der Waals surface area contributed by atoms with Gasteiger partial charge in [0.05, 0.1) is 6.61 Å². The second-order valence-electron chi connectivity index (χ2n) is 7.62. The van der Waals surface area contributed by atoms with Crippen LogP contribution in [-0.2, 0) is 9.53 Å². The second-order valence-corrected chi connectivity index (χ2v) is 7.62. The zero-order chi connectivity index (χ0) is 18.0. The average molecular weight is 367 g/mol. The molecule has 0 saturated heterocycles. The molecule has 1 N–H and O–H groups in total. The van der Waals surface area contributed by atoms with Crippen LogP contribution >= 0.6 is 0 Å². The van der Waals surface area contributed by atoms with Gasteiger partial charge in [-0.2, -0.15) is 0 Å². The summed E-state index contributed by atoms with van der Waals surface area (Å²) in [5.74, 6) is 0.360. The molecule has 0 aromatic carbocycles. The fourth-order valence-corrected chi connectivity index (χ4v) is 2.89. The largest absolute Gasteiger partial charge is 1.00 e. The third kappa shape index (κ3) is 22.4. The van der Waals surface area contributed by atoms with E-state index >= 15 is 0 Å². The van der Waals surface area contributed by atoms with E-state index in [1.165, 1.54) is 84.0 Å². The SMILES string of the molecule is CC(C)CCCCCCCCCCCCCCCOC(=O)C(C)O.[H-].[Na+]. The van der Waals surface area contributed by atoms with E-state index in [1.54, 1.807) is 0 Å². The van der Waals surface area contributed by atoms with Gasteiger partial charge in [-0.3, -0.25) is 0 Å². The molecule has 0 amide bonds. The monoisotopic (exact) mass is 366 g/mol. The topological polar surface area (TPSA) is 46.5 Å². The second kappa shape index (κ2) is 20.7. The zero-order valence-corrected chi connectivity index (χ0v) is 19.5. The number of ether oxygens (including phenoxy) is 1. The Labute approximate surface area is 180 Å². The van der Waals surface area contributed by atoms with Gasteiger partial charge in [0.25, 0.3) is 0 Å². The molecule has 4 heteroatoms. The molecule has 0 radical (unpaired) electrons. The fourth-order valence-electron chi connectivity index (χ4n) is 2.89. The Hall–Kier alpha value is 0.430. The van der Waals surface area contributed by atoms with E-state index in [4.69, 9.17) is 9.84 Å². The van der Waals surface area contributed by atoms with Crippen molar-refractivity contribution in [1.29, 1.82) is 0 Å². The molecule has 1 atom stereocenters. The van der Waals surface area contributed by atoms with Gasteiger partial charge >= 0.3 is 35.5 Å². The maximum Gasteiger partial charge on any atom is 1.00 e. The van der Waals surface area contributed by atoms with Crippen LogP contribution in [0.4, 0.5) is 0 Å². The van der Waals surface area contributed by atoms with E-state index in [9.17, 15) is 4.79 Å². The summed E-state index contributed by atoms with van der Waals surface area (Å²) in [7, 11) is 0. The van der Waals surface area contributed by atoms with Gasteiger partial charge in [0.1, 0.15) is 6.10 Å². The van der Waals surface area contributed by atoms with Crippen LogP contribution in [0.1, 0.15) is 112 Å². The van der Waals surface area contributed by atoms with Gasteiger partial charge in [-0.15, -0.1) is 0 Å². The van der Waals surface area contributed by atoms with Gasteiger partial charge < -0.3 is 11.3 Å². The number of carbonyl (C=O) groups excluding carboxylic acids is 1. The third-order valence-electron chi connectivity index (χ3n) is 4.51. The summed E-state index contributed by atoms with van der Waals surface area (Å²) in [6.07, 6.45) is 17.5. The first-order valence-electron chi connectivity index (χ1n) is 10.4. The molecule has 0 rings (SSSR count). The first kappa shape index (κ1) is 27.6. The molecule has 0 heterocycles. The van der Waals surface area contributed by atoms with Gasteiger partial charge in [-0.25, -0.2) is 4.79 Å². The molecule has 0 aromatic rings. The van der Waals surface area contributed by atoms with Gasteiger partial charge in [0.2, 0.25) is 0 Å². The standard InChI is InChI=1S/C21H42O3.Na.H/c1-19(2)17-15-13-11-9-7-5-4-6-8-10-12-14-16-18-24-21(23)20(3)22;;/h19-20,22H,4-18H2,1-3H3;;/q;+1;-1. The number of unbranched alkanes of at least 4 members (excludes halogenated alkanes) is 12. The van der Waals surface area contributed by atoms with Crippen molar-refractivity contribution in [3.8, 4) is 0 Å². The normalized spacial score (nSPS) is 12.0. The minimum atomic E-state index is -0.995. The molecule has 0 fully saturated rings. The molecular weight excluding hydrogens is 323 g/mol. The van der Waals surface area contributed by atoms with Gasteiger partial charge in [-0.05, 0) is 19.3 Å². The molecule has 1 unspecified atom stereocenters. The van der Waals surface area contributed by atoms with Crippen molar-refractivity contribution in [3.63, 3.8) is 0 Å². The van der Waals surface area contributed by atoms with Crippen molar-refractivity contribution in [3.05, 3.63) is 0 Å². The summed E-state index contributed by atoms with van der Waals surface area (Å²) in [6.45, 7) is 6.51. The Morgan fingerprint density at radius 2 is 1.12 bits per heavy atom. The number of aliphatic hydroxyl groups is 1. The van der Waals surface area contributed by atoms with Gasteiger partial charge in [-0.1, -0.05) is 97.3 Å². The number of esters is 1. The van der Waals surface area contributed by atoms with E-state index in [0.29, 0.717) is 6.61 Å². The van der Waals surface area contributed by atoms with Crippen LogP contribution in [0.2, 0.25) is 0 Å². The average Bonchev–Trinajstić information content (AvgIpc) is 2.53. The third-order valence-corrected chi connectivity index (χ3v) is 4.51. The van der Waals surface area contributed by atoms with Crippen molar-refractivity contribution in [1.82, 2.24) is 0 Å². The van der Waals surface area contributed by atoms with Crippen molar-refractivity contribution in [2.45, 2.75) is 117 Å². The summed E-state index contributed by atoms with van der Waals surface area (Å²) in [4.78, 5) is 11.0. The molecule has 146 valence electrons. The van der Waals surface area contributed by atoms with Crippen LogP contribution in [0.3, 0.4) is 0 Å². The summed E-state index contributed by atoms with van der Waals surface area (Å²) >= 11 is 0. The van der Waals surface area contributed by atoms with Gasteiger partial charge in [0.15, 0.2) is 0 Å². The number of hydrogen-bond acceptors (Lipinski definition) is 3. The predicted molar refractivity (Wildman–Crippen MR) is 103 cm³/mol. The van der Waals surface area contributed by atoms with Crippen molar-refractivity contribution < 1.29 is 45.6 Å². The maximum atomic E-state index is 11.0. The summed E-state index contributed by atoms with van der Waals surface area (Å²) in [5.41, 5.74) is 0. The minimum Gasteiger partial charge on any atom is -1.00 e. The molecule has 0 spiro atoms. The van der Waals surface area contributed by atoms with Crippen LogP contribution in [0.15, 0.2) is 0 Å². The maximum absolute atomic E-state index is 11.0. The predicted octanol–water partition coefficient (Wildman–Crippen LogP) is 3.14. The summed E-state index contributed by atoms with van der Waals surface area (Å²) in [6, 6.07) is 0. The van der Waals surface area contributed by atoms with Crippen LogP contribution < -0.4 is 29.6 Å². The van der Waals surface area contributed by atoms with Crippen LogP contribution in [0.5, 0.6) is 0 Å². The molecule has 25 heavy (non-hydrogen) atoms. The zero-order valence-electron chi connectivity index (χ0n) is 18.5. The van der Waals surface area contributed by atoms with Crippen LogP contribution in [0.25, 0.3) is 0 Å². The molecule has 3 nitrogen and oxygen atoms in total. The van der Waals surface area contributed by atoms with E-state index in [1.807, 2.05) is 0 Å². The number of carbonyl (C=O) groups is 1. The molecule has 0 aromatic heterocycles. The van der Waals surface area contributed by atoms with Crippen LogP contribution in [-0.4, -0.2) is 23.8 Å². The fraction of sp³-hybridized carbons (Fsp3) is 0.952. The Bertz CT molecular complexity index is 286. The van der Waals surface area contributed by atoms with Crippen molar-refractivity contribution >= 4 is 5.97 Å². The molecular formula is C21H43NaO3. The van der Waals surface area contributed by atoms with E-state index < -0.39 is 12.1 Å². The Kier molecular flexibility index (Phi) is 22.9. The quantitative estimate of drug-likeness (QED) is 0.244. The first-order valence-corrected chi connectivity index (χ1v) is 10.4. The number of rotatable bonds is 17. The molecule has 0 bridgehead atoms. The van der Waals surface area contributed by atoms with Crippen LogP contribution in [0, 0.1) is 5.92 Å². The van der Waals surface area contributed by atoms with Crippen molar-refractivity contribution in [2.75, 3.05) is 6.61 Å². The van der Waals surface area contributed by atoms with E-state index in [-0.39, 0.29) is 31.0 Å². The van der Waals surface area contributed by atoms with Crippen molar-refractivity contribution in [2.24, 2.45) is 5.92 Å². The summed E-state index contributed by atoms with van der Waals surface area (Å²) in [5, 5.41) is 8.98.